The van der Waals surface area contributed by atoms with E-state index in [1.807, 2.05) is 6.07 Å². The maximum Gasteiger partial charge on any atom is 0.230 e. The summed E-state index contributed by atoms with van der Waals surface area (Å²) in [6.45, 7) is 4.67. The second kappa shape index (κ2) is 9.57. The van der Waals surface area contributed by atoms with Gasteiger partial charge in [0.1, 0.15) is 5.76 Å². The van der Waals surface area contributed by atoms with Crippen LogP contribution in [0.25, 0.3) is 0 Å². The summed E-state index contributed by atoms with van der Waals surface area (Å²) in [7, 11) is 0. The van der Waals surface area contributed by atoms with Gasteiger partial charge in [0.15, 0.2) is 4.34 Å². The Labute approximate surface area is 166 Å². The SMILES string of the molecule is CCc1cccc(CC)c1Nc1nnc(SCC(=O)NCc2ccco2)s1. The van der Waals surface area contributed by atoms with Crippen molar-refractivity contribution in [2.45, 2.75) is 37.6 Å². The van der Waals surface area contributed by atoms with Gasteiger partial charge in [-0.1, -0.05) is 55.1 Å². The van der Waals surface area contributed by atoms with Crippen molar-refractivity contribution >= 4 is 39.8 Å². The van der Waals surface area contributed by atoms with E-state index in [4.69, 9.17) is 4.42 Å². The summed E-state index contributed by atoms with van der Waals surface area (Å²) in [6.07, 6.45) is 3.49. The van der Waals surface area contributed by atoms with Crippen LogP contribution in [-0.4, -0.2) is 21.9 Å². The van der Waals surface area contributed by atoms with E-state index >= 15 is 0 Å². The fraction of sp³-hybridized carbons (Fsp3) is 0.316. The molecule has 0 aliphatic rings. The predicted octanol–water partition coefficient (Wildman–Crippen LogP) is 4.41. The predicted molar refractivity (Wildman–Crippen MR) is 110 cm³/mol. The van der Waals surface area contributed by atoms with Gasteiger partial charge in [0, 0.05) is 5.69 Å². The first kappa shape index (κ1) is 19.4. The molecule has 8 heteroatoms. The van der Waals surface area contributed by atoms with E-state index in [9.17, 15) is 4.79 Å². The van der Waals surface area contributed by atoms with Gasteiger partial charge in [-0.2, -0.15) is 0 Å². The second-order valence-electron chi connectivity index (χ2n) is 5.80. The second-order valence-corrected chi connectivity index (χ2v) is 8.00. The Morgan fingerprint density at radius 1 is 1.15 bits per heavy atom. The molecule has 0 fully saturated rings. The molecule has 0 atom stereocenters. The third kappa shape index (κ3) is 5.33. The highest BCUT2D eigenvalue weighted by molar-refractivity contribution is 8.01. The van der Waals surface area contributed by atoms with E-state index in [1.165, 1.54) is 34.2 Å². The zero-order valence-corrected chi connectivity index (χ0v) is 17.0. The zero-order chi connectivity index (χ0) is 19.1. The van der Waals surface area contributed by atoms with Crippen molar-refractivity contribution in [2.24, 2.45) is 0 Å². The smallest absolute Gasteiger partial charge is 0.230 e. The van der Waals surface area contributed by atoms with Gasteiger partial charge in [-0.15, -0.1) is 10.2 Å². The van der Waals surface area contributed by atoms with Gasteiger partial charge in [0.2, 0.25) is 11.0 Å². The third-order valence-electron chi connectivity index (χ3n) is 4.00. The lowest BCUT2D eigenvalue weighted by atomic mass is 10.0. The molecule has 1 amide bonds. The van der Waals surface area contributed by atoms with Crippen LogP contribution in [-0.2, 0) is 24.2 Å². The van der Waals surface area contributed by atoms with Gasteiger partial charge < -0.3 is 15.1 Å². The Morgan fingerprint density at radius 3 is 2.59 bits per heavy atom. The lowest BCUT2D eigenvalue weighted by Gasteiger charge is -2.13. The van der Waals surface area contributed by atoms with Crippen LogP contribution in [0.15, 0.2) is 45.4 Å². The number of benzene rings is 1. The molecule has 0 aliphatic carbocycles. The molecular weight excluding hydrogens is 380 g/mol. The van der Waals surface area contributed by atoms with Crippen LogP contribution >= 0.6 is 23.1 Å². The van der Waals surface area contributed by atoms with Crippen molar-refractivity contribution in [3.63, 3.8) is 0 Å². The zero-order valence-electron chi connectivity index (χ0n) is 15.3. The number of nitrogens with zero attached hydrogens (tertiary/aromatic N) is 2. The number of para-hydroxylation sites is 1. The molecule has 2 heterocycles. The highest BCUT2D eigenvalue weighted by atomic mass is 32.2. The molecule has 1 aromatic carbocycles. The molecule has 27 heavy (non-hydrogen) atoms. The fourth-order valence-corrected chi connectivity index (χ4v) is 4.19. The average molecular weight is 403 g/mol. The van der Waals surface area contributed by atoms with Crippen LogP contribution in [0.4, 0.5) is 10.8 Å². The number of anilines is 2. The number of carbonyl (C=O) groups is 1. The monoisotopic (exact) mass is 402 g/mol. The molecule has 0 radical (unpaired) electrons. The largest absolute Gasteiger partial charge is 0.467 e. The van der Waals surface area contributed by atoms with E-state index in [2.05, 4.69) is 52.9 Å². The number of furan rings is 1. The number of aryl methyl sites for hydroxylation is 2. The molecule has 0 spiro atoms. The number of carbonyl (C=O) groups excluding carboxylic acids is 1. The Bertz CT molecular complexity index is 855. The minimum Gasteiger partial charge on any atom is -0.467 e. The molecule has 6 nitrogen and oxygen atoms in total. The van der Waals surface area contributed by atoms with Crippen LogP contribution in [0.1, 0.15) is 30.7 Å². The minimum atomic E-state index is -0.0642. The highest BCUT2D eigenvalue weighted by Gasteiger charge is 2.12. The maximum atomic E-state index is 11.9. The summed E-state index contributed by atoms with van der Waals surface area (Å²) in [5, 5.41) is 15.4. The number of rotatable bonds is 9. The molecule has 2 N–H and O–H groups in total. The van der Waals surface area contributed by atoms with Crippen molar-refractivity contribution < 1.29 is 9.21 Å². The van der Waals surface area contributed by atoms with E-state index in [1.54, 1.807) is 12.3 Å². The average Bonchev–Trinajstić information content (AvgIpc) is 3.37. The van der Waals surface area contributed by atoms with Crippen LogP contribution < -0.4 is 10.6 Å². The number of amides is 1. The molecule has 3 rings (SSSR count). The summed E-state index contributed by atoms with van der Waals surface area (Å²) in [5.74, 6) is 0.962. The summed E-state index contributed by atoms with van der Waals surface area (Å²) in [4.78, 5) is 11.9. The standard InChI is InChI=1S/C19H22N4O2S2/c1-3-13-7-5-8-14(4-2)17(13)21-18-22-23-19(27-18)26-12-16(24)20-11-15-9-6-10-25-15/h5-10H,3-4,11-12H2,1-2H3,(H,20,24)(H,21,22). The lowest BCUT2D eigenvalue weighted by Crippen LogP contribution is -2.24. The van der Waals surface area contributed by atoms with Crippen molar-refractivity contribution in [1.82, 2.24) is 15.5 Å². The molecule has 142 valence electrons. The fourth-order valence-electron chi connectivity index (χ4n) is 2.61. The van der Waals surface area contributed by atoms with Gasteiger partial charge in [-0.05, 0) is 36.1 Å². The first-order valence-electron chi connectivity index (χ1n) is 8.82. The quantitative estimate of drug-likeness (QED) is 0.516. The number of nitrogens with one attached hydrogen (secondary N) is 2. The molecule has 0 bridgehead atoms. The number of aromatic nitrogens is 2. The van der Waals surface area contributed by atoms with E-state index in [-0.39, 0.29) is 5.91 Å². The molecule has 0 saturated heterocycles. The topological polar surface area (TPSA) is 80.0 Å². The van der Waals surface area contributed by atoms with Gasteiger partial charge in [0.25, 0.3) is 0 Å². The Kier molecular flexibility index (Phi) is 6.89. The van der Waals surface area contributed by atoms with E-state index < -0.39 is 0 Å². The van der Waals surface area contributed by atoms with Crippen LogP contribution in [0.5, 0.6) is 0 Å². The Hall–Kier alpha value is -2.32. The van der Waals surface area contributed by atoms with Gasteiger partial charge >= 0.3 is 0 Å². The third-order valence-corrected chi connectivity index (χ3v) is 5.98. The van der Waals surface area contributed by atoms with Gasteiger partial charge in [-0.3, -0.25) is 4.79 Å². The Balaban J connectivity index is 1.55. The van der Waals surface area contributed by atoms with Crippen LogP contribution in [0.3, 0.4) is 0 Å². The van der Waals surface area contributed by atoms with Crippen molar-refractivity contribution in [2.75, 3.05) is 11.1 Å². The van der Waals surface area contributed by atoms with Crippen molar-refractivity contribution in [3.05, 3.63) is 53.5 Å². The molecule has 2 aromatic heterocycles. The van der Waals surface area contributed by atoms with Crippen molar-refractivity contribution in [3.8, 4) is 0 Å². The van der Waals surface area contributed by atoms with Gasteiger partial charge in [-0.25, -0.2) is 0 Å². The molecule has 3 aromatic rings. The number of thioether (sulfide) groups is 1. The molecule has 0 unspecified atom stereocenters. The van der Waals surface area contributed by atoms with Crippen LogP contribution in [0.2, 0.25) is 0 Å². The summed E-state index contributed by atoms with van der Waals surface area (Å²) in [5.41, 5.74) is 3.64. The summed E-state index contributed by atoms with van der Waals surface area (Å²) < 4.78 is 5.96. The first-order valence-corrected chi connectivity index (χ1v) is 10.6. The van der Waals surface area contributed by atoms with Gasteiger partial charge in [0.05, 0.1) is 18.6 Å². The Morgan fingerprint density at radius 2 is 1.93 bits per heavy atom. The molecule has 0 saturated carbocycles. The van der Waals surface area contributed by atoms with Crippen molar-refractivity contribution in [1.29, 1.82) is 0 Å². The number of hydrogen-bond acceptors (Lipinski definition) is 7. The van der Waals surface area contributed by atoms with Crippen LogP contribution in [0, 0.1) is 0 Å². The molecular formula is C19H22N4O2S2. The first-order chi connectivity index (χ1) is 13.2. The van der Waals surface area contributed by atoms with E-state index in [0.29, 0.717) is 12.3 Å². The minimum absolute atomic E-state index is 0.0642. The lowest BCUT2D eigenvalue weighted by molar-refractivity contribution is -0.118. The highest BCUT2D eigenvalue weighted by Crippen LogP contribution is 2.31. The van der Waals surface area contributed by atoms with E-state index in [0.717, 1.165) is 33.8 Å². The normalized spacial score (nSPS) is 10.7. The maximum absolute atomic E-state index is 11.9. The molecule has 0 aliphatic heterocycles. The summed E-state index contributed by atoms with van der Waals surface area (Å²) in [6, 6.07) is 9.97. The number of hydrogen-bond donors (Lipinski definition) is 2. The summed E-state index contributed by atoms with van der Waals surface area (Å²) >= 11 is 2.83.